The number of nitrogens with zero attached hydrogens (tertiary/aromatic N) is 1. The standard InChI is InChI=1S/C17H19N3O4/c1-18-17(23)15-16(22)14(21)6-8-20(15)19-13-7-9-24-10-11-4-2-3-5-12(11)13/h2-6,8,13,19,22H,7,9-10H2,1H3,(H,18,23). The Morgan fingerprint density at radius 1 is 1.33 bits per heavy atom. The van der Waals surface area contributed by atoms with Crippen molar-refractivity contribution in [1.82, 2.24) is 9.99 Å². The predicted molar refractivity (Wildman–Crippen MR) is 88.6 cm³/mol. The van der Waals surface area contributed by atoms with Crippen molar-refractivity contribution in [2.45, 2.75) is 19.1 Å². The molecule has 1 aromatic heterocycles. The van der Waals surface area contributed by atoms with E-state index in [4.69, 9.17) is 4.74 Å². The molecule has 0 radical (unpaired) electrons. The van der Waals surface area contributed by atoms with E-state index >= 15 is 0 Å². The van der Waals surface area contributed by atoms with Crippen LogP contribution in [0.15, 0.2) is 41.3 Å². The van der Waals surface area contributed by atoms with Gasteiger partial charge in [-0.15, -0.1) is 0 Å². The van der Waals surface area contributed by atoms with Gasteiger partial charge in [0.05, 0.1) is 12.6 Å². The summed E-state index contributed by atoms with van der Waals surface area (Å²) in [5.41, 5.74) is 4.62. The molecule has 1 aliphatic rings. The maximum Gasteiger partial charge on any atom is 0.273 e. The molecule has 0 saturated carbocycles. The van der Waals surface area contributed by atoms with Gasteiger partial charge in [0, 0.05) is 25.9 Å². The fourth-order valence-corrected chi connectivity index (χ4v) is 2.82. The number of carbonyl (C=O) groups is 1. The Morgan fingerprint density at radius 2 is 2.12 bits per heavy atom. The maximum atomic E-state index is 12.1. The number of aromatic hydroxyl groups is 1. The molecule has 7 nitrogen and oxygen atoms in total. The summed E-state index contributed by atoms with van der Waals surface area (Å²) in [6.45, 7) is 1.10. The molecule has 0 fully saturated rings. The van der Waals surface area contributed by atoms with Gasteiger partial charge in [0.1, 0.15) is 0 Å². The number of fused-ring (bicyclic) bond motifs is 1. The van der Waals surface area contributed by atoms with E-state index in [1.54, 1.807) is 0 Å². The SMILES string of the molecule is CNC(=O)c1c(O)c(=O)ccn1NC1CCOCc2ccccc21. The van der Waals surface area contributed by atoms with Crippen LogP contribution in [0, 0.1) is 0 Å². The summed E-state index contributed by atoms with van der Waals surface area (Å²) in [6.07, 6.45) is 2.14. The molecule has 2 heterocycles. The molecular formula is C17H19N3O4. The van der Waals surface area contributed by atoms with Crippen LogP contribution in [0.25, 0.3) is 0 Å². The van der Waals surface area contributed by atoms with Gasteiger partial charge in [-0.1, -0.05) is 24.3 Å². The fraction of sp³-hybridized carbons (Fsp3) is 0.294. The summed E-state index contributed by atoms with van der Waals surface area (Å²) in [5.74, 6) is -1.13. The van der Waals surface area contributed by atoms with Crippen LogP contribution < -0.4 is 16.2 Å². The summed E-state index contributed by atoms with van der Waals surface area (Å²) in [4.78, 5) is 23.7. The lowest BCUT2D eigenvalue weighted by molar-refractivity contribution is 0.0950. The molecule has 2 aromatic rings. The van der Waals surface area contributed by atoms with Crippen molar-refractivity contribution in [3.8, 4) is 5.75 Å². The molecule has 1 aromatic carbocycles. The van der Waals surface area contributed by atoms with Crippen molar-refractivity contribution in [3.05, 3.63) is 63.6 Å². The molecule has 7 heteroatoms. The average molecular weight is 329 g/mol. The first-order valence-electron chi connectivity index (χ1n) is 7.70. The molecule has 0 bridgehead atoms. The summed E-state index contributed by atoms with van der Waals surface area (Å²) >= 11 is 0. The lowest BCUT2D eigenvalue weighted by Crippen LogP contribution is -2.32. The topological polar surface area (TPSA) is 92.6 Å². The monoisotopic (exact) mass is 329 g/mol. The molecule has 1 amide bonds. The van der Waals surface area contributed by atoms with Gasteiger partial charge >= 0.3 is 0 Å². The van der Waals surface area contributed by atoms with Crippen LogP contribution in [0.3, 0.4) is 0 Å². The molecule has 1 unspecified atom stereocenters. The molecule has 0 saturated heterocycles. The van der Waals surface area contributed by atoms with Gasteiger partial charge in [-0.2, -0.15) is 0 Å². The van der Waals surface area contributed by atoms with Crippen LogP contribution in [0.1, 0.15) is 34.1 Å². The van der Waals surface area contributed by atoms with Gasteiger partial charge in [0.25, 0.3) is 5.91 Å². The third-order valence-corrected chi connectivity index (χ3v) is 4.05. The predicted octanol–water partition coefficient (Wildman–Crippen LogP) is 1.12. The van der Waals surface area contributed by atoms with Gasteiger partial charge in [-0.05, 0) is 17.5 Å². The molecule has 3 rings (SSSR count). The first kappa shape index (κ1) is 16.1. The smallest absolute Gasteiger partial charge is 0.273 e. The highest BCUT2D eigenvalue weighted by atomic mass is 16.5. The second-order valence-corrected chi connectivity index (χ2v) is 5.55. The first-order chi connectivity index (χ1) is 11.6. The van der Waals surface area contributed by atoms with Crippen LogP contribution in [-0.4, -0.2) is 29.3 Å². The van der Waals surface area contributed by atoms with E-state index in [1.165, 1.54) is 24.0 Å². The van der Waals surface area contributed by atoms with E-state index in [0.29, 0.717) is 19.6 Å². The second-order valence-electron chi connectivity index (χ2n) is 5.55. The molecule has 24 heavy (non-hydrogen) atoms. The normalized spacial score (nSPS) is 16.8. The summed E-state index contributed by atoms with van der Waals surface area (Å²) in [6, 6.07) is 9.00. The second kappa shape index (κ2) is 6.76. The Kier molecular flexibility index (Phi) is 4.52. The van der Waals surface area contributed by atoms with Crippen LogP contribution in [-0.2, 0) is 11.3 Å². The van der Waals surface area contributed by atoms with Gasteiger partial charge < -0.3 is 20.6 Å². The number of hydrogen-bond acceptors (Lipinski definition) is 5. The lowest BCUT2D eigenvalue weighted by Gasteiger charge is -2.23. The highest BCUT2D eigenvalue weighted by Gasteiger charge is 2.22. The zero-order valence-corrected chi connectivity index (χ0v) is 13.3. The van der Waals surface area contributed by atoms with Crippen molar-refractivity contribution < 1.29 is 14.6 Å². The lowest BCUT2D eigenvalue weighted by atomic mass is 10.00. The summed E-state index contributed by atoms with van der Waals surface area (Å²) < 4.78 is 6.99. The first-order valence-corrected chi connectivity index (χ1v) is 7.70. The molecular weight excluding hydrogens is 310 g/mol. The van der Waals surface area contributed by atoms with E-state index in [9.17, 15) is 14.7 Å². The van der Waals surface area contributed by atoms with Crippen molar-refractivity contribution in [2.24, 2.45) is 0 Å². The number of hydrogen-bond donors (Lipinski definition) is 3. The van der Waals surface area contributed by atoms with Crippen molar-refractivity contribution in [2.75, 3.05) is 19.1 Å². The Hall–Kier alpha value is -2.80. The minimum absolute atomic E-state index is 0.117. The molecule has 1 atom stereocenters. The van der Waals surface area contributed by atoms with Gasteiger partial charge in [0.2, 0.25) is 5.43 Å². The molecule has 0 aliphatic carbocycles. The largest absolute Gasteiger partial charge is 0.502 e. The van der Waals surface area contributed by atoms with Crippen LogP contribution in [0.2, 0.25) is 0 Å². The third-order valence-electron chi connectivity index (χ3n) is 4.05. The van der Waals surface area contributed by atoms with Crippen molar-refractivity contribution >= 4 is 5.91 Å². The van der Waals surface area contributed by atoms with Crippen molar-refractivity contribution in [1.29, 1.82) is 0 Å². The molecule has 3 N–H and O–H groups in total. The molecule has 126 valence electrons. The number of rotatable bonds is 3. The minimum Gasteiger partial charge on any atom is -0.502 e. The molecule has 0 spiro atoms. The zero-order chi connectivity index (χ0) is 17.1. The van der Waals surface area contributed by atoms with Crippen LogP contribution >= 0.6 is 0 Å². The molecule has 1 aliphatic heterocycles. The van der Waals surface area contributed by atoms with Crippen molar-refractivity contribution in [3.63, 3.8) is 0 Å². The number of benzene rings is 1. The van der Waals surface area contributed by atoms with E-state index in [-0.39, 0.29) is 11.7 Å². The van der Waals surface area contributed by atoms with Gasteiger partial charge in [-0.3, -0.25) is 14.3 Å². The van der Waals surface area contributed by atoms with Gasteiger partial charge in [0.15, 0.2) is 11.4 Å². The number of pyridine rings is 1. The number of ether oxygens (including phenoxy) is 1. The number of amides is 1. The van der Waals surface area contributed by atoms with Crippen LogP contribution in [0.4, 0.5) is 0 Å². The highest BCUT2D eigenvalue weighted by Crippen LogP contribution is 2.26. The van der Waals surface area contributed by atoms with E-state index in [0.717, 1.165) is 11.1 Å². The Labute approximate surface area is 138 Å². The zero-order valence-electron chi connectivity index (χ0n) is 13.3. The van der Waals surface area contributed by atoms with E-state index in [1.807, 2.05) is 24.3 Å². The van der Waals surface area contributed by atoms with Gasteiger partial charge in [-0.25, -0.2) is 0 Å². The number of carbonyl (C=O) groups excluding carboxylic acids is 1. The summed E-state index contributed by atoms with van der Waals surface area (Å²) in [5, 5.41) is 12.4. The van der Waals surface area contributed by atoms with Crippen LogP contribution in [0.5, 0.6) is 5.75 Å². The third kappa shape index (κ3) is 2.98. The number of aromatic nitrogens is 1. The maximum absolute atomic E-state index is 12.1. The highest BCUT2D eigenvalue weighted by molar-refractivity contribution is 5.94. The Bertz CT molecular complexity index is 816. The average Bonchev–Trinajstić information content (AvgIpc) is 2.80. The quantitative estimate of drug-likeness (QED) is 0.785. The fourth-order valence-electron chi connectivity index (χ4n) is 2.82. The van der Waals surface area contributed by atoms with E-state index in [2.05, 4.69) is 10.7 Å². The van der Waals surface area contributed by atoms with E-state index < -0.39 is 17.1 Å². The minimum atomic E-state index is -0.601. The Balaban J connectivity index is 2.01. The summed E-state index contributed by atoms with van der Waals surface area (Å²) in [7, 11) is 1.44. The Morgan fingerprint density at radius 3 is 2.92 bits per heavy atom. The number of nitrogens with one attached hydrogen (secondary N) is 2.